The number of imidazole rings is 1. The molecule has 2 aromatic rings. The van der Waals surface area contributed by atoms with Gasteiger partial charge in [-0.15, -0.1) is 0 Å². The molecule has 27 heavy (non-hydrogen) atoms. The summed E-state index contributed by atoms with van der Waals surface area (Å²) in [4.78, 5) is 24.2. The monoisotopic (exact) mass is 380 g/mol. The van der Waals surface area contributed by atoms with E-state index in [1.54, 1.807) is 20.9 Å². The molecule has 0 bridgehead atoms. The Hall–Kier alpha value is -2.50. The smallest absolute Gasteiger partial charge is 0.308 e. The lowest BCUT2D eigenvalue weighted by Gasteiger charge is -2.27. The van der Waals surface area contributed by atoms with Gasteiger partial charge in [0.2, 0.25) is 5.95 Å². The summed E-state index contributed by atoms with van der Waals surface area (Å²) in [7, 11) is 1.67. The molecule has 1 aliphatic rings. The van der Waals surface area contributed by atoms with Crippen molar-refractivity contribution in [3.05, 3.63) is 6.33 Å². The minimum Gasteiger partial charge on any atom is -0.463 e. The van der Waals surface area contributed by atoms with Crippen LogP contribution >= 0.6 is 0 Å². The van der Waals surface area contributed by atoms with E-state index in [0.717, 1.165) is 0 Å². The number of fused-ring (bicyclic) bond motifs is 1. The van der Waals surface area contributed by atoms with Crippen LogP contribution in [0.5, 0.6) is 0 Å². The Balaban J connectivity index is 1.91. The molecule has 1 aliphatic heterocycles. The first-order valence-corrected chi connectivity index (χ1v) is 8.57. The van der Waals surface area contributed by atoms with Gasteiger partial charge in [-0.2, -0.15) is 9.97 Å². The fraction of sp³-hybridized carbons (Fsp3) is 0.625. The average Bonchev–Trinajstić information content (AvgIpc) is 3.11. The van der Waals surface area contributed by atoms with Crippen LogP contribution in [-0.2, 0) is 14.3 Å². The molecule has 3 heterocycles. The van der Waals surface area contributed by atoms with Gasteiger partial charge in [0, 0.05) is 7.05 Å². The molecule has 148 valence electrons. The van der Waals surface area contributed by atoms with E-state index < -0.39 is 30.0 Å². The second kappa shape index (κ2) is 6.91. The Bertz CT molecular complexity index is 851. The van der Waals surface area contributed by atoms with Crippen LogP contribution in [-0.4, -0.2) is 67.2 Å². The number of carbonyl (C=O) groups is 1. The maximum absolute atomic E-state index is 11.7. The molecule has 1 saturated heterocycles. The topological polar surface area (TPSA) is 158 Å². The van der Waals surface area contributed by atoms with Crippen molar-refractivity contribution in [2.45, 2.75) is 44.8 Å². The number of anilines is 2. The lowest BCUT2D eigenvalue weighted by atomic mass is 9.96. The van der Waals surface area contributed by atoms with Gasteiger partial charge in [-0.1, -0.05) is 13.8 Å². The van der Waals surface area contributed by atoms with Gasteiger partial charge in [-0.05, 0) is 6.92 Å². The quantitative estimate of drug-likeness (QED) is 0.506. The van der Waals surface area contributed by atoms with Crippen LogP contribution in [0.2, 0.25) is 0 Å². The molecule has 0 aliphatic carbocycles. The Morgan fingerprint density at radius 3 is 2.85 bits per heavy atom. The van der Waals surface area contributed by atoms with E-state index in [4.69, 9.17) is 15.2 Å². The zero-order valence-corrected chi connectivity index (χ0v) is 15.6. The molecule has 0 spiro atoms. The third-order valence-corrected chi connectivity index (χ3v) is 4.54. The second-order valence-electron chi connectivity index (χ2n) is 6.99. The van der Waals surface area contributed by atoms with Crippen LogP contribution in [0.25, 0.3) is 11.2 Å². The molecule has 0 saturated carbocycles. The van der Waals surface area contributed by atoms with Gasteiger partial charge in [0.25, 0.3) is 0 Å². The van der Waals surface area contributed by atoms with E-state index in [1.165, 1.54) is 17.8 Å². The highest BCUT2D eigenvalue weighted by atomic mass is 16.6. The molecule has 3 rings (SSSR count). The van der Waals surface area contributed by atoms with E-state index in [0.29, 0.717) is 17.0 Å². The molecule has 0 radical (unpaired) electrons. The van der Waals surface area contributed by atoms with Gasteiger partial charge in [-0.25, -0.2) is 4.98 Å². The third-order valence-electron chi connectivity index (χ3n) is 4.54. The number of esters is 1. The predicted molar refractivity (Wildman–Crippen MR) is 95.6 cm³/mol. The highest BCUT2D eigenvalue weighted by molar-refractivity contribution is 5.84. The Morgan fingerprint density at radius 2 is 2.22 bits per heavy atom. The largest absolute Gasteiger partial charge is 0.463 e. The van der Waals surface area contributed by atoms with Gasteiger partial charge in [0.15, 0.2) is 23.2 Å². The Kier molecular flexibility index (Phi) is 4.93. The molecule has 5 N–H and O–H groups in total. The normalized spacial score (nSPS) is 28.0. The summed E-state index contributed by atoms with van der Waals surface area (Å²) in [6.07, 6.45) is -1.79. The highest BCUT2D eigenvalue weighted by Crippen LogP contribution is 2.40. The number of nitrogens with two attached hydrogens (primary N) is 1. The van der Waals surface area contributed by atoms with Crippen LogP contribution in [0.3, 0.4) is 0 Å². The van der Waals surface area contributed by atoms with Crippen molar-refractivity contribution in [2.24, 2.45) is 5.92 Å². The maximum atomic E-state index is 11.7. The van der Waals surface area contributed by atoms with E-state index in [-0.39, 0.29) is 18.5 Å². The van der Waals surface area contributed by atoms with Gasteiger partial charge in [-0.3, -0.25) is 9.36 Å². The summed E-state index contributed by atoms with van der Waals surface area (Å²) in [5.41, 5.74) is 4.84. The molecular weight excluding hydrogens is 356 g/mol. The van der Waals surface area contributed by atoms with E-state index in [2.05, 4.69) is 20.3 Å². The Labute approximate surface area is 155 Å². The molecule has 4 atom stereocenters. The number of aromatic nitrogens is 4. The number of carbonyl (C=O) groups excluding carboxylic acids is 1. The number of nitrogens with zero attached hydrogens (tertiary/aromatic N) is 4. The maximum Gasteiger partial charge on any atom is 0.308 e. The summed E-state index contributed by atoms with van der Waals surface area (Å²) < 4.78 is 12.4. The summed E-state index contributed by atoms with van der Waals surface area (Å²) in [6, 6.07) is 0. The van der Waals surface area contributed by atoms with Crippen molar-refractivity contribution in [3.63, 3.8) is 0 Å². The summed E-state index contributed by atoms with van der Waals surface area (Å²) in [5, 5.41) is 24.2. The first-order valence-electron chi connectivity index (χ1n) is 8.57. The number of aliphatic hydroxyl groups excluding tert-OH is 1. The number of aliphatic hydroxyl groups is 2. The minimum absolute atomic E-state index is 0.0224. The van der Waals surface area contributed by atoms with Crippen molar-refractivity contribution in [2.75, 3.05) is 24.7 Å². The number of hydrogen-bond acceptors (Lipinski definition) is 10. The van der Waals surface area contributed by atoms with Crippen LogP contribution in [0.1, 0.15) is 27.0 Å². The highest BCUT2D eigenvalue weighted by Gasteiger charge is 2.54. The second-order valence-corrected chi connectivity index (χ2v) is 6.99. The Morgan fingerprint density at radius 1 is 1.52 bits per heavy atom. The molecule has 11 heteroatoms. The number of nitrogen functional groups attached to an aromatic ring is 1. The molecule has 0 aromatic carbocycles. The first-order chi connectivity index (χ1) is 12.7. The number of rotatable bonds is 5. The lowest BCUT2D eigenvalue weighted by Crippen LogP contribution is -2.44. The number of hydrogen-bond donors (Lipinski definition) is 4. The average molecular weight is 380 g/mol. The van der Waals surface area contributed by atoms with Crippen molar-refractivity contribution in [1.29, 1.82) is 0 Å². The van der Waals surface area contributed by atoms with Gasteiger partial charge in [0.05, 0.1) is 12.2 Å². The predicted octanol–water partition coefficient (Wildman–Crippen LogP) is -0.341. The fourth-order valence-electron chi connectivity index (χ4n) is 2.99. The van der Waals surface area contributed by atoms with E-state index in [9.17, 15) is 15.0 Å². The van der Waals surface area contributed by atoms with Gasteiger partial charge < -0.3 is 30.7 Å². The molecule has 1 fully saturated rings. The van der Waals surface area contributed by atoms with Crippen LogP contribution < -0.4 is 11.1 Å². The molecule has 0 unspecified atom stereocenters. The summed E-state index contributed by atoms with van der Waals surface area (Å²) >= 11 is 0. The molecule has 11 nitrogen and oxygen atoms in total. The minimum atomic E-state index is -1.68. The SMILES string of the molecule is CNc1nc(N)nc2c1ncn2[C@@H]1O[C@H](COC(=O)C(C)C)[C@@H](O)[C@@]1(C)O. The van der Waals surface area contributed by atoms with Crippen molar-refractivity contribution in [3.8, 4) is 0 Å². The number of ether oxygens (including phenoxy) is 2. The zero-order chi connectivity index (χ0) is 19.9. The molecule has 2 aromatic heterocycles. The summed E-state index contributed by atoms with van der Waals surface area (Å²) in [5.74, 6) is -0.274. The number of nitrogens with one attached hydrogen (secondary N) is 1. The van der Waals surface area contributed by atoms with Crippen molar-refractivity contribution in [1.82, 2.24) is 19.5 Å². The summed E-state index contributed by atoms with van der Waals surface area (Å²) in [6.45, 7) is 4.65. The molecule has 0 amide bonds. The van der Waals surface area contributed by atoms with Gasteiger partial charge >= 0.3 is 5.97 Å². The standard InChI is InChI=1S/C16H24N6O5/c1-7(2)13(24)26-5-8-10(23)16(3,25)14(27-8)22-6-19-9-11(18-4)20-15(17)21-12(9)22/h6-8,10,14,23,25H,5H2,1-4H3,(H3,17,18,20,21)/t8-,10-,14-,16-/m1/s1. The third kappa shape index (κ3) is 3.29. The van der Waals surface area contributed by atoms with Crippen LogP contribution in [0.15, 0.2) is 6.33 Å². The van der Waals surface area contributed by atoms with Gasteiger partial charge in [0.1, 0.15) is 24.4 Å². The van der Waals surface area contributed by atoms with Crippen LogP contribution in [0.4, 0.5) is 11.8 Å². The van der Waals surface area contributed by atoms with E-state index >= 15 is 0 Å². The van der Waals surface area contributed by atoms with Crippen LogP contribution in [0, 0.1) is 5.92 Å². The fourth-order valence-corrected chi connectivity index (χ4v) is 2.99. The van der Waals surface area contributed by atoms with Crippen molar-refractivity contribution >= 4 is 28.9 Å². The first kappa shape index (κ1) is 19.3. The van der Waals surface area contributed by atoms with E-state index in [1.807, 2.05) is 0 Å². The molecular formula is C16H24N6O5. The zero-order valence-electron chi connectivity index (χ0n) is 15.6. The lowest BCUT2D eigenvalue weighted by molar-refractivity contribution is -0.153. The van der Waals surface area contributed by atoms with Crippen molar-refractivity contribution < 1.29 is 24.5 Å².